The fourth-order valence-corrected chi connectivity index (χ4v) is 1.26. The number of carbonyl (C=O) groups is 1. The summed E-state index contributed by atoms with van der Waals surface area (Å²) in [6, 6.07) is 7.30. The second-order valence-corrected chi connectivity index (χ2v) is 3.67. The summed E-state index contributed by atoms with van der Waals surface area (Å²) in [6.45, 7) is 3.08. The van der Waals surface area contributed by atoms with E-state index in [2.05, 4.69) is 0 Å². The summed E-state index contributed by atoms with van der Waals surface area (Å²) in [7, 11) is 0. The lowest BCUT2D eigenvalue weighted by Gasteiger charge is -2.07. The molecule has 0 aromatic heterocycles. The van der Waals surface area contributed by atoms with Crippen molar-refractivity contribution in [1.82, 2.24) is 0 Å². The number of hydrogen-bond donors (Lipinski definition) is 0. The number of hydrogen-bond acceptors (Lipinski definition) is 1. The minimum atomic E-state index is -0.428. The van der Waals surface area contributed by atoms with Crippen molar-refractivity contribution in [2.45, 2.75) is 26.9 Å². The van der Waals surface area contributed by atoms with Gasteiger partial charge in [-0.05, 0) is 24.5 Å². The number of rotatable bonds is 4. The molecule has 1 aromatic rings. The van der Waals surface area contributed by atoms with E-state index in [0.717, 1.165) is 12.0 Å². The van der Waals surface area contributed by atoms with Crippen LogP contribution in [0.2, 0.25) is 0 Å². The number of halogens is 1. The summed E-state index contributed by atoms with van der Waals surface area (Å²) >= 11 is 0. The maximum Gasteiger partial charge on any atom is 0.132 e. The van der Waals surface area contributed by atoms with Gasteiger partial charge in [0.05, 0.1) is 0 Å². The molecule has 1 unspecified atom stereocenters. The van der Waals surface area contributed by atoms with E-state index in [1.807, 2.05) is 19.1 Å². The van der Waals surface area contributed by atoms with Crippen LogP contribution in [0.25, 0.3) is 0 Å². The Morgan fingerprint density at radius 1 is 1.29 bits per heavy atom. The summed E-state index contributed by atoms with van der Waals surface area (Å²) in [5.41, 5.74) is 1.77. The molecule has 0 saturated carbocycles. The molecule has 0 aliphatic heterocycles. The predicted octanol–water partition coefficient (Wildman–Crippen LogP) is 2.92. The minimum absolute atomic E-state index is 0.0474. The summed E-state index contributed by atoms with van der Waals surface area (Å²) in [6.07, 6.45) is 0.738. The highest BCUT2D eigenvalue weighted by Crippen LogP contribution is 2.11. The Morgan fingerprint density at radius 3 is 2.21 bits per heavy atom. The molecule has 0 aliphatic carbocycles. The molecule has 1 aromatic carbocycles. The lowest BCUT2D eigenvalue weighted by Crippen LogP contribution is -2.09. The van der Waals surface area contributed by atoms with E-state index < -0.39 is 6.67 Å². The second kappa shape index (κ2) is 4.89. The van der Waals surface area contributed by atoms with Crippen molar-refractivity contribution in [1.29, 1.82) is 0 Å². The highest BCUT2D eigenvalue weighted by Gasteiger charge is 2.07. The van der Waals surface area contributed by atoms with Gasteiger partial charge in [0, 0.05) is 5.92 Å². The molecule has 0 fully saturated rings. The first-order valence-corrected chi connectivity index (χ1v) is 4.77. The normalized spacial score (nSPS) is 12.5. The van der Waals surface area contributed by atoms with Crippen LogP contribution in [0.15, 0.2) is 24.3 Å². The van der Waals surface area contributed by atoms with Crippen molar-refractivity contribution in [3.05, 3.63) is 35.4 Å². The molecule has 0 saturated heterocycles. The van der Waals surface area contributed by atoms with Crippen LogP contribution in [0.4, 0.5) is 4.39 Å². The van der Waals surface area contributed by atoms with Crippen LogP contribution in [0.1, 0.15) is 25.0 Å². The summed E-state index contributed by atoms with van der Waals surface area (Å²) in [5.74, 6) is 0.241. The lowest BCUT2D eigenvalue weighted by atomic mass is 9.97. The van der Waals surface area contributed by atoms with Crippen LogP contribution >= 0.6 is 0 Å². The number of carbonyl (C=O) groups excluding carboxylic acids is 1. The summed E-state index contributed by atoms with van der Waals surface area (Å²) < 4.78 is 12.2. The van der Waals surface area contributed by atoms with Crippen LogP contribution in [0, 0.1) is 5.92 Å². The molecule has 0 radical (unpaired) electrons. The molecule has 76 valence electrons. The van der Waals surface area contributed by atoms with E-state index in [1.165, 1.54) is 0 Å². The molecule has 0 spiro atoms. The van der Waals surface area contributed by atoms with Crippen molar-refractivity contribution in [3.63, 3.8) is 0 Å². The van der Waals surface area contributed by atoms with Crippen molar-refractivity contribution in [3.8, 4) is 0 Å². The number of benzene rings is 1. The van der Waals surface area contributed by atoms with Crippen molar-refractivity contribution in [2.75, 3.05) is 0 Å². The fraction of sp³-hybridized carbons (Fsp3) is 0.417. The van der Waals surface area contributed by atoms with Crippen molar-refractivity contribution < 1.29 is 9.18 Å². The van der Waals surface area contributed by atoms with Gasteiger partial charge in [0.25, 0.3) is 0 Å². The first-order chi connectivity index (χ1) is 6.63. The van der Waals surface area contributed by atoms with Gasteiger partial charge in [-0.2, -0.15) is 0 Å². The molecule has 0 heterocycles. The highest BCUT2D eigenvalue weighted by atomic mass is 19.1. The molecule has 0 N–H and O–H groups in total. The summed E-state index contributed by atoms with van der Waals surface area (Å²) in [5, 5.41) is 0. The van der Waals surface area contributed by atoms with E-state index in [4.69, 9.17) is 0 Å². The first kappa shape index (κ1) is 10.9. The van der Waals surface area contributed by atoms with E-state index >= 15 is 0 Å². The minimum Gasteiger partial charge on any atom is -0.300 e. The number of ketones is 1. The van der Waals surface area contributed by atoms with Gasteiger partial charge >= 0.3 is 0 Å². The fourth-order valence-electron chi connectivity index (χ4n) is 1.26. The molecule has 0 amide bonds. The molecule has 0 bridgehead atoms. The predicted molar refractivity (Wildman–Crippen MR) is 54.8 cm³/mol. The van der Waals surface area contributed by atoms with Gasteiger partial charge in [0.2, 0.25) is 0 Å². The monoisotopic (exact) mass is 194 g/mol. The Bertz CT molecular complexity index is 303. The molecular weight excluding hydrogens is 179 g/mol. The first-order valence-electron chi connectivity index (χ1n) is 4.77. The van der Waals surface area contributed by atoms with E-state index in [9.17, 15) is 9.18 Å². The second-order valence-electron chi connectivity index (χ2n) is 3.67. The SMILES string of the molecule is CC(=O)C(C)Cc1ccc(CF)cc1. The summed E-state index contributed by atoms with van der Waals surface area (Å²) in [4.78, 5) is 11.0. The van der Waals surface area contributed by atoms with Crippen LogP contribution in [0.5, 0.6) is 0 Å². The Kier molecular flexibility index (Phi) is 3.81. The zero-order valence-electron chi connectivity index (χ0n) is 8.59. The van der Waals surface area contributed by atoms with E-state index in [1.54, 1.807) is 19.1 Å². The third-order valence-electron chi connectivity index (χ3n) is 2.41. The van der Waals surface area contributed by atoms with Crippen LogP contribution in [0.3, 0.4) is 0 Å². The molecule has 1 rings (SSSR count). The number of Topliss-reactive ketones (excluding diaryl/α,β-unsaturated/α-hetero) is 1. The maximum atomic E-state index is 12.2. The average molecular weight is 194 g/mol. The highest BCUT2D eigenvalue weighted by molar-refractivity contribution is 5.78. The lowest BCUT2D eigenvalue weighted by molar-refractivity contribution is -0.120. The maximum absolute atomic E-state index is 12.2. The topological polar surface area (TPSA) is 17.1 Å². The molecule has 1 nitrogen and oxygen atoms in total. The van der Waals surface area contributed by atoms with Crippen LogP contribution in [-0.4, -0.2) is 5.78 Å². The van der Waals surface area contributed by atoms with Crippen molar-refractivity contribution >= 4 is 5.78 Å². The van der Waals surface area contributed by atoms with Crippen molar-refractivity contribution in [2.24, 2.45) is 5.92 Å². The van der Waals surface area contributed by atoms with Gasteiger partial charge in [-0.25, -0.2) is 4.39 Å². The van der Waals surface area contributed by atoms with E-state index in [-0.39, 0.29) is 11.7 Å². The van der Waals surface area contributed by atoms with Gasteiger partial charge < -0.3 is 0 Å². The molecule has 2 heteroatoms. The molecular formula is C12H15FO. The molecule has 14 heavy (non-hydrogen) atoms. The van der Waals surface area contributed by atoms with Gasteiger partial charge in [-0.3, -0.25) is 4.79 Å². The Hall–Kier alpha value is -1.18. The van der Waals surface area contributed by atoms with Gasteiger partial charge in [0.1, 0.15) is 12.5 Å². The third kappa shape index (κ3) is 2.95. The quantitative estimate of drug-likeness (QED) is 0.720. The van der Waals surface area contributed by atoms with E-state index in [0.29, 0.717) is 5.56 Å². The van der Waals surface area contributed by atoms with Crippen LogP contribution in [-0.2, 0) is 17.9 Å². The smallest absolute Gasteiger partial charge is 0.132 e. The van der Waals surface area contributed by atoms with Gasteiger partial charge in [0.15, 0.2) is 0 Å². The number of alkyl halides is 1. The zero-order valence-corrected chi connectivity index (χ0v) is 8.59. The largest absolute Gasteiger partial charge is 0.300 e. The third-order valence-corrected chi connectivity index (χ3v) is 2.41. The molecule has 1 atom stereocenters. The zero-order chi connectivity index (χ0) is 10.6. The standard InChI is InChI=1S/C12H15FO/c1-9(10(2)14)7-11-3-5-12(8-13)6-4-11/h3-6,9H,7-8H2,1-2H3. The average Bonchev–Trinajstić information content (AvgIpc) is 2.19. The molecule has 0 aliphatic rings. The Labute approximate surface area is 83.9 Å². The van der Waals surface area contributed by atoms with Gasteiger partial charge in [-0.15, -0.1) is 0 Å². The van der Waals surface area contributed by atoms with Crippen LogP contribution < -0.4 is 0 Å². The van der Waals surface area contributed by atoms with Gasteiger partial charge in [-0.1, -0.05) is 31.2 Å². The Morgan fingerprint density at radius 2 is 1.79 bits per heavy atom. The Balaban J connectivity index is 2.64.